The van der Waals surface area contributed by atoms with E-state index in [-0.39, 0.29) is 24.5 Å². The SMILES string of the molecule is CC[C@H](CO)NS(=O)(=O)c1cnn(CCC(=O)O)c1. The molecule has 19 heavy (non-hydrogen) atoms. The van der Waals surface area contributed by atoms with Crippen molar-refractivity contribution in [3.05, 3.63) is 12.4 Å². The predicted octanol–water partition coefficient (Wildman–Crippen LogP) is -0.593. The van der Waals surface area contributed by atoms with Crippen molar-refractivity contribution in [2.75, 3.05) is 6.61 Å². The molecule has 1 heterocycles. The zero-order valence-corrected chi connectivity index (χ0v) is 11.3. The minimum atomic E-state index is -3.74. The minimum Gasteiger partial charge on any atom is -0.481 e. The van der Waals surface area contributed by atoms with Crippen LogP contribution in [0.3, 0.4) is 0 Å². The van der Waals surface area contributed by atoms with Gasteiger partial charge < -0.3 is 10.2 Å². The molecule has 0 radical (unpaired) electrons. The molecule has 108 valence electrons. The zero-order valence-electron chi connectivity index (χ0n) is 10.5. The molecule has 0 bridgehead atoms. The van der Waals surface area contributed by atoms with Crippen molar-refractivity contribution in [3.8, 4) is 0 Å². The Morgan fingerprint density at radius 1 is 1.58 bits per heavy atom. The van der Waals surface area contributed by atoms with Crippen LogP contribution in [0.1, 0.15) is 19.8 Å². The van der Waals surface area contributed by atoms with Gasteiger partial charge in [0.2, 0.25) is 10.0 Å². The van der Waals surface area contributed by atoms with Crippen LogP contribution in [0.4, 0.5) is 0 Å². The highest BCUT2D eigenvalue weighted by atomic mass is 32.2. The van der Waals surface area contributed by atoms with Gasteiger partial charge >= 0.3 is 5.97 Å². The van der Waals surface area contributed by atoms with Crippen LogP contribution < -0.4 is 4.72 Å². The fourth-order valence-electron chi connectivity index (χ4n) is 1.35. The van der Waals surface area contributed by atoms with Gasteiger partial charge in [0.05, 0.1) is 25.8 Å². The summed E-state index contributed by atoms with van der Waals surface area (Å²) in [5.74, 6) is -0.982. The molecule has 0 aliphatic carbocycles. The summed E-state index contributed by atoms with van der Waals surface area (Å²) in [5, 5.41) is 21.3. The monoisotopic (exact) mass is 291 g/mol. The number of nitrogens with one attached hydrogen (secondary N) is 1. The number of aliphatic carboxylic acids is 1. The average Bonchev–Trinajstić information content (AvgIpc) is 2.83. The first-order valence-electron chi connectivity index (χ1n) is 5.76. The average molecular weight is 291 g/mol. The number of carbonyl (C=O) groups is 1. The molecule has 8 nitrogen and oxygen atoms in total. The standard InChI is InChI=1S/C10H17N3O5S/c1-2-8(7-14)12-19(17,18)9-5-11-13(6-9)4-3-10(15)16/h5-6,8,12,14H,2-4,7H2,1H3,(H,15,16)/t8-/m1/s1. The van der Waals surface area contributed by atoms with Gasteiger partial charge in [-0.15, -0.1) is 0 Å². The Kier molecular flexibility index (Phi) is 5.45. The highest BCUT2D eigenvalue weighted by molar-refractivity contribution is 7.89. The lowest BCUT2D eigenvalue weighted by Crippen LogP contribution is -2.36. The quantitative estimate of drug-likeness (QED) is 0.588. The normalized spacial score (nSPS) is 13.4. The number of aliphatic hydroxyl groups is 1. The van der Waals surface area contributed by atoms with E-state index in [9.17, 15) is 13.2 Å². The summed E-state index contributed by atoms with van der Waals surface area (Å²) in [6.07, 6.45) is 2.73. The third-order valence-corrected chi connectivity index (χ3v) is 3.98. The van der Waals surface area contributed by atoms with Gasteiger partial charge in [-0.3, -0.25) is 9.48 Å². The first-order chi connectivity index (χ1) is 8.89. The number of nitrogens with zero attached hydrogens (tertiary/aromatic N) is 2. The van der Waals surface area contributed by atoms with E-state index in [0.717, 1.165) is 6.20 Å². The Morgan fingerprint density at radius 2 is 2.26 bits per heavy atom. The van der Waals surface area contributed by atoms with Crippen molar-refractivity contribution in [2.24, 2.45) is 0 Å². The number of aromatic nitrogens is 2. The second-order valence-electron chi connectivity index (χ2n) is 3.99. The Morgan fingerprint density at radius 3 is 2.79 bits per heavy atom. The first-order valence-corrected chi connectivity index (χ1v) is 7.24. The Hall–Kier alpha value is -1.45. The molecule has 0 spiro atoms. The lowest BCUT2D eigenvalue weighted by molar-refractivity contribution is -0.137. The van der Waals surface area contributed by atoms with Crippen molar-refractivity contribution in [3.63, 3.8) is 0 Å². The topological polar surface area (TPSA) is 122 Å². The molecule has 3 N–H and O–H groups in total. The molecule has 0 saturated heterocycles. The van der Waals surface area contributed by atoms with Gasteiger partial charge in [0.25, 0.3) is 0 Å². The summed E-state index contributed by atoms with van der Waals surface area (Å²) in [4.78, 5) is 10.3. The first kappa shape index (κ1) is 15.6. The van der Waals surface area contributed by atoms with E-state index in [2.05, 4.69) is 9.82 Å². The highest BCUT2D eigenvalue weighted by Crippen LogP contribution is 2.09. The highest BCUT2D eigenvalue weighted by Gasteiger charge is 2.20. The molecule has 1 aromatic rings. The number of hydrogen-bond donors (Lipinski definition) is 3. The summed E-state index contributed by atoms with van der Waals surface area (Å²) in [6.45, 7) is 1.56. The lowest BCUT2D eigenvalue weighted by atomic mass is 10.3. The zero-order chi connectivity index (χ0) is 14.5. The number of sulfonamides is 1. The largest absolute Gasteiger partial charge is 0.481 e. The van der Waals surface area contributed by atoms with Gasteiger partial charge in [0.1, 0.15) is 4.90 Å². The second-order valence-corrected chi connectivity index (χ2v) is 5.71. The lowest BCUT2D eigenvalue weighted by Gasteiger charge is -2.12. The summed E-state index contributed by atoms with van der Waals surface area (Å²) in [6, 6.07) is -0.549. The number of carboxylic acid groups (broad SMARTS) is 1. The van der Waals surface area contributed by atoms with Gasteiger partial charge in [-0.1, -0.05) is 6.92 Å². The molecule has 1 aromatic heterocycles. The second kappa shape index (κ2) is 6.64. The van der Waals surface area contributed by atoms with Crippen LogP contribution in [0, 0.1) is 0 Å². The van der Waals surface area contributed by atoms with Crippen LogP contribution in [0.5, 0.6) is 0 Å². The molecule has 0 aromatic carbocycles. The Bertz CT molecular complexity index is 521. The third-order valence-electron chi connectivity index (χ3n) is 2.51. The smallest absolute Gasteiger partial charge is 0.305 e. The van der Waals surface area contributed by atoms with Crippen molar-refractivity contribution >= 4 is 16.0 Å². The molecule has 0 amide bonds. The molecule has 1 atom stereocenters. The maximum atomic E-state index is 11.9. The molecular formula is C10H17N3O5S. The van der Waals surface area contributed by atoms with Crippen molar-refractivity contribution in [1.29, 1.82) is 0 Å². The van der Waals surface area contributed by atoms with E-state index in [1.54, 1.807) is 6.92 Å². The molecular weight excluding hydrogens is 274 g/mol. The van der Waals surface area contributed by atoms with E-state index in [4.69, 9.17) is 10.2 Å². The maximum absolute atomic E-state index is 11.9. The summed E-state index contributed by atoms with van der Waals surface area (Å²) >= 11 is 0. The van der Waals surface area contributed by atoms with Crippen LogP contribution in [-0.4, -0.2) is 47.0 Å². The Labute approximate surface area is 111 Å². The summed E-state index contributed by atoms with van der Waals surface area (Å²) in [7, 11) is -3.74. The van der Waals surface area contributed by atoms with E-state index >= 15 is 0 Å². The molecule has 0 aliphatic heterocycles. The van der Waals surface area contributed by atoms with Gasteiger partial charge in [-0.2, -0.15) is 5.10 Å². The van der Waals surface area contributed by atoms with Gasteiger partial charge in [0.15, 0.2) is 0 Å². The minimum absolute atomic E-state index is 0.0511. The molecule has 0 saturated carbocycles. The van der Waals surface area contributed by atoms with E-state index in [1.807, 2.05) is 0 Å². The van der Waals surface area contributed by atoms with Crippen molar-refractivity contribution in [1.82, 2.24) is 14.5 Å². The van der Waals surface area contributed by atoms with Crippen LogP contribution in [0.25, 0.3) is 0 Å². The van der Waals surface area contributed by atoms with Crippen LogP contribution >= 0.6 is 0 Å². The number of rotatable bonds is 8. The third kappa shape index (κ3) is 4.62. The number of aryl methyl sites for hydroxylation is 1. The van der Waals surface area contributed by atoms with E-state index < -0.39 is 22.0 Å². The van der Waals surface area contributed by atoms with Gasteiger partial charge in [-0.25, -0.2) is 13.1 Å². The van der Waals surface area contributed by atoms with E-state index in [0.29, 0.717) is 6.42 Å². The fourth-order valence-corrected chi connectivity index (χ4v) is 2.62. The fraction of sp³-hybridized carbons (Fsp3) is 0.600. The molecule has 0 unspecified atom stereocenters. The van der Waals surface area contributed by atoms with Gasteiger partial charge in [0, 0.05) is 12.2 Å². The van der Waals surface area contributed by atoms with Crippen LogP contribution in [-0.2, 0) is 21.4 Å². The molecule has 9 heteroatoms. The van der Waals surface area contributed by atoms with Crippen LogP contribution in [0.2, 0.25) is 0 Å². The maximum Gasteiger partial charge on any atom is 0.305 e. The number of aliphatic hydroxyl groups excluding tert-OH is 1. The summed E-state index contributed by atoms with van der Waals surface area (Å²) < 4.78 is 27.4. The molecule has 0 fully saturated rings. The van der Waals surface area contributed by atoms with Crippen molar-refractivity contribution < 1.29 is 23.4 Å². The number of hydrogen-bond acceptors (Lipinski definition) is 5. The number of carboxylic acids is 1. The predicted molar refractivity (Wildman–Crippen MR) is 66.0 cm³/mol. The van der Waals surface area contributed by atoms with Crippen LogP contribution in [0.15, 0.2) is 17.3 Å². The molecule has 1 rings (SSSR count). The molecule has 0 aliphatic rings. The Balaban J connectivity index is 2.76. The van der Waals surface area contributed by atoms with Crippen molar-refractivity contribution in [2.45, 2.75) is 37.2 Å². The van der Waals surface area contributed by atoms with Gasteiger partial charge in [-0.05, 0) is 6.42 Å². The van der Waals surface area contributed by atoms with E-state index in [1.165, 1.54) is 10.9 Å². The summed E-state index contributed by atoms with van der Waals surface area (Å²) in [5.41, 5.74) is 0.